The zero-order chi connectivity index (χ0) is 13.2. The van der Waals surface area contributed by atoms with Gasteiger partial charge in [-0.15, -0.1) is 11.3 Å². The van der Waals surface area contributed by atoms with Crippen molar-refractivity contribution in [2.45, 2.75) is 30.4 Å². The summed E-state index contributed by atoms with van der Waals surface area (Å²) in [6, 6.07) is 5.71. The molecule has 0 bridgehead atoms. The van der Waals surface area contributed by atoms with Gasteiger partial charge < -0.3 is 0 Å². The molecule has 1 fully saturated rings. The number of piperidine rings is 1. The highest BCUT2D eigenvalue weighted by Crippen LogP contribution is 2.28. The third-order valence-corrected chi connectivity index (χ3v) is 6.71. The fourth-order valence-electron chi connectivity index (χ4n) is 2.08. The molecule has 98 valence electrons. The minimum absolute atomic E-state index is 0.167. The predicted octanol–water partition coefficient (Wildman–Crippen LogP) is 2.23. The summed E-state index contributed by atoms with van der Waals surface area (Å²) in [5.41, 5.74) is 0. The van der Waals surface area contributed by atoms with Crippen LogP contribution in [0.2, 0.25) is 0 Å². The van der Waals surface area contributed by atoms with Gasteiger partial charge in [-0.2, -0.15) is 9.57 Å². The SMILES string of the molecule is CCc1ccc(S(=O)(=O)N2CCCC(C#N)C2)s1. The lowest BCUT2D eigenvalue weighted by Crippen LogP contribution is -2.39. The Balaban J connectivity index is 2.23. The van der Waals surface area contributed by atoms with Crippen LogP contribution >= 0.6 is 11.3 Å². The molecule has 18 heavy (non-hydrogen) atoms. The summed E-state index contributed by atoms with van der Waals surface area (Å²) in [5.74, 6) is -0.167. The molecule has 0 aromatic carbocycles. The van der Waals surface area contributed by atoms with Crippen LogP contribution in [0.25, 0.3) is 0 Å². The first-order valence-electron chi connectivity index (χ1n) is 6.06. The predicted molar refractivity (Wildman–Crippen MR) is 70.8 cm³/mol. The first-order chi connectivity index (χ1) is 8.57. The van der Waals surface area contributed by atoms with Crippen LogP contribution in [0, 0.1) is 17.2 Å². The van der Waals surface area contributed by atoms with E-state index in [0.717, 1.165) is 24.1 Å². The van der Waals surface area contributed by atoms with Gasteiger partial charge in [0.1, 0.15) is 4.21 Å². The largest absolute Gasteiger partial charge is 0.252 e. The normalized spacial score (nSPS) is 21.7. The Labute approximate surface area is 112 Å². The van der Waals surface area contributed by atoms with Crippen LogP contribution in [0.4, 0.5) is 0 Å². The van der Waals surface area contributed by atoms with Crippen LogP contribution in [0.15, 0.2) is 16.3 Å². The van der Waals surface area contributed by atoms with Crippen molar-refractivity contribution in [3.63, 3.8) is 0 Å². The summed E-state index contributed by atoms with van der Waals surface area (Å²) in [4.78, 5) is 1.07. The van der Waals surface area contributed by atoms with Crippen molar-refractivity contribution in [1.29, 1.82) is 5.26 Å². The van der Waals surface area contributed by atoms with Gasteiger partial charge in [-0.25, -0.2) is 8.42 Å². The summed E-state index contributed by atoms with van der Waals surface area (Å²) in [7, 11) is -3.39. The highest BCUT2D eigenvalue weighted by atomic mass is 32.2. The summed E-state index contributed by atoms with van der Waals surface area (Å²) in [6.07, 6.45) is 2.41. The third-order valence-electron chi connectivity index (χ3n) is 3.15. The molecule has 1 unspecified atom stereocenters. The second-order valence-electron chi connectivity index (χ2n) is 4.41. The van der Waals surface area contributed by atoms with Gasteiger partial charge in [-0.3, -0.25) is 0 Å². The number of nitrogens with zero attached hydrogens (tertiary/aromatic N) is 2. The van der Waals surface area contributed by atoms with E-state index in [0.29, 0.717) is 17.3 Å². The van der Waals surface area contributed by atoms with Crippen molar-refractivity contribution < 1.29 is 8.42 Å². The lowest BCUT2D eigenvalue weighted by atomic mass is 10.0. The van der Waals surface area contributed by atoms with Gasteiger partial charge in [0.2, 0.25) is 0 Å². The molecule has 1 aliphatic rings. The molecule has 4 nitrogen and oxygen atoms in total. The molecule has 0 spiro atoms. The van der Waals surface area contributed by atoms with Gasteiger partial charge >= 0.3 is 0 Å². The Kier molecular flexibility index (Phi) is 4.05. The van der Waals surface area contributed by atoms with Gasteiger partial charge in [0.05, 0.1) is 12.0 Å². The summed E-state index contributed by atoms with van der Waals surface area (Å²) >= 11 is 1.33. The molecule has 0 amide bonds. The fraction of sp³-hybridized carbons (Fsp3) is 0.583. The average Bonchev–Trinajstić information content (AvgIpc) is 2.88. The molecule has 0 aliphatic carbocycles. The van der Waals surface area contributed by atoms with Crippen LogP contribution in [0.5, 0.6) is 0 Å². The summed E-state index contributed by atoms with van der Waals surface area (Å²) in [5, 5.41) is 8.92. The molecule has 0 N–H and O–H groups in total. The monoisotopic (exact) mass is 284 g/mol. The molecule has 1 aromatic heterocycles. The Bertz CT molecular complexity index is 557. The van der Waals surface area contributed by atoms with Crippen LogP contribution in [0.3, 0.4) is 0 Å². The van der Waals surface area contributed by atoms with Crippen molar-refractivity contribution in [3.8, 4) is 6.07 Å². The van der Waals surface area contributed by atoms with E-state index in [1.165, 1.54) is 15.6 Å². The highest BCUT2D eigenvalue weighted by molar-refractivity contribution is 7.91. The highest BCUT2D eigenvalue weighted by Gasteiger charge is 2.31. The molecule has 2 heterocycles. The first kappa shape index (κ1) is 13.5. The average molecular weight is 284 g/mol. The molecule has 1 aliphatic heterocycles. The zero-order valence-electron chi connectivity index (χ0n) is 10.3. The van der Waals surface area contributed by atoms with E-state index in [1.54, 1.807) is 6.07 Å². The number of hydrogen-bond donors (Lipinski definition) is 0. The van der Waals surface area contributed by atoms with Crippen LogP contribution in [0.1, 0.15) is 24.6 Å². The zero-order valence-corrected chi connectivity index (χ0v) is 11.9. The lowest BCUT2D eigenvalue weighted by molar-refractivity contribution is 0.305. The Morgan fingerprint density at radius 1 is 1.56 bits per heavy atom. The first-order valence-corrected chi connectivity index (χ1v) is 8.32. The number of rotatable bonds is 3. The Morgan fingerprint density at radius 3 is 2.94 bits per heavy atom. The second kappa shape index (κ2) is 5.39. The van der Waals surface area contributed by atoms with Crippen LogP contribution in [-0.4, -0.2) is 25.8 Å². The van der Waals surface area contributed by atoms with Crippen LogP contribution in [-0.2, 0) is 16.4 Å². The van der Waals surface area contributed by atoms with Crippen LogP contribution < -0.4 is 0 Å². The molecule has 1 saturated heterocycles. The molecule has 0 saturated carbocycles. The minimum Gasteiger partial charge on any atom is -0.206 e. The van der Waals surface area contributed by atoms with E-state index < -0.39 is 10.0 Å². The molecule has 0 radical (unpaired) electrons. The molecule has 1 atom stereocenters. The van der Waals surface area contributed by atoms with Gasteiger partial charge in [-0.1, -0.05) is 6.92 Å². The maximum Gasteiger partial charge on any atom is 0.252 e. The molecule has 6 heteroatoms. The van der Waals surface area contributed by atoms with E-state index in [1.807, 2.05) is 13.0 Å². The number of sulfonamides is 1. The molecule has 1 aromatic rings. The maximum absolute atomic E-state index is 12.4. The summed E-state index contributed by atoms with van der Waals surface area (Å²) < 4.78 is 26.7. The van der Waals surface area contributed by atoms with Gasteiger partial charge in [-0.05, 0) is 31.4 Å². The van der Waals surface area contributed by atoms with E-state index >= 15 is 0 Å². The number of hydrogen-bond acceptors (Lipinski definition) is 4. The van der Waals surface area contributed by atoms with Gasteiger partial charge in [0.25, 0.3) is 10.0 Å². The van der Waals surface area contributed by atoms with Gasteiger partial charge in [0.15, 0.2) is 0 Å². The van der Waals surface area contributed by atoms with Crippen molar-refractivity contribution in [2.24, 2.45) is 5.92 Å². The molecular weight excluding hydrogens is 268 g/mol. The second-order valence-corrected chi connectivity index (χ2v) is 7.74. The van der Waals surface area contributed by atoms with Crippen molar-refractivity contribution in [1.82, 2.24) is 4.31 Å². The summed E-state index contributed by atoms with van der Waals surface area (Å²) in [6.45, 7) is 2.87. The Hall–Kier alpha value is -0.900. The number of nitriles is 1. The van der Waals surface area contributed by atoms with E-state index in [9.17, 15) is 8.42 Å². The van der Waals surface area contributed by atoms with E-state index in [2.05, 4.69) is 6.07 Å². The smallest absolute Gasteiger partial charge is 0.206 e. The van der Waals surface area contributed by atoms with Crippen molar-refractivity contribution in [3.05, 3.63) is 17.0 Å². The van der Waals surface area contributed by atoms with Gasteiger partial charge in [0, 0.05) is 18.0 Å². The fourth-order valence-corrected chi connectivity index (χ4v) is 5.05. The number of thiophene rings is 1. The topological polar surface area (TPSA) is 61.2 Å². The van der Waals surface area contributed by atoms with E-state index in [4.69, 9.17) is 5.26 Å². The van der Waals surface area contributed by atoms with Crippen molar-refractivity contribution >= 4 is 21.4 Å². The minimum atomic E-state index is -3.39. The molecular formula is C12H16N2O2S2. The lowest BCUT2D eigenvalue weighted by Gasteiger charge is -2.28. The third kappa shape index (κ3) is 2.58. The standard InChI is InChI=1S/C12H16N2O2S2/c1-2-11-5-6-12(17-11)18(15,16)14-7-3-4-10(8-13)9-14/h5-6,10H,2-4,7,9H2,1H3. The van der Waals surface area contributed by atoms with E-state index in [-0.39, 0.29) is 5.92 Å². The quantitative estimate of drug-likeness (QED) is 0.855. The Morgan fingerprint density at radius 2 is 2.33 bits per heavy atom. The molecule has 2 rings (SSSR count). The van der Waals surface area contributed by atoms with Crippen molar-refractivity contribution in [2.75, 3.05) is 13.1 Å². The number of aryl methyl sites for hydroxylation is 1. The maximum atomic E-state index is 12.4.